The first-order chi connectivity index (χ1) is 12.0. The third-order valence-corrected chi connectivity index (χ3v) is 4.26. The first kappa shape index (κ1) is 19.0. The van der Waals surface area contributed by atoms with Gasteiger partial charge >= 0.3 is 0 Å². The predicted molar refractivity (Wildman–Crippen MR) is 104 cm³/mol. The zero-order chi connectivity index (χ0) is 18.1. The highest BCUT2D eigenvalue weighted by Crippen LogP contribution is 2.10. The minimum absolute atomic E-state index is 0.147. The molecule has 0 spiro atoms. The molecule has 0 saturated carbocycles. The number of halogens is 1. The highest BCUT2D eigenvalue weighted by atomic mass is 35.5. The predicted octanol–water partition coefficient (Wildman–Crippen LogP) is 3.47. The Morgan fingerprint density at radius 1 is 1.04 bits per heavy atom. The summed E-state index contributed by atoms with van der Waals surface area (Å²) in [6.07, 6.45) is 1.53. The zero-order valence-corrected chi connectivity index (χ0v) is 15.2. The molecule has 2 rings (SSSR count). The van der Waals surface area contributed by atoms with Crippen LogP contribution in [0.3, 0.4) is 0 Å². The number of aryl methyl sites for hydroxylation is 1. The van der Waals surface area contributed by atoms with Crippen molar-refractivity contribution in [2.75, 3.05) is 16.8 Å². The van der Waals surface area contributed by atoms with Crippen molar-refractivity contribution in [3.8, 4) is 0 Å². The molecule has 2 amide bonds. The summed E-state index contributed by atoms with van der Waals surface area (Å²) in [5.74, 6) is -0.0637. The van der Waals surface area contributed by atoms with Gasteiger partial charge in [-0.15, -0.1) is 11.8 Å². The number of carbonyl (C=O) groups excluding carboxylic acids is 2. The Morgan fingerprint density at radius 3 is 2.36 bits per heavy atom. The number of rotatable bonds is 7. The van der Waals surface area contributed by atoms with Gasteiger partial charge in [-0.2, -0.15) is 5.10 Å². The molecule has 130 valence electrons. The number of hydrazone groups is 1. The SMILES string of the molecule is Cc1ccc(NC(=O)CSCC(=O)N/N=C/c2ccc(Cl)cc2)cc1. The molecule has 0 saturated heterocycles. The van der Waals surface area contributed by atoms with Gasteiger partial charge in [0, 0.05) is 10.7 Å². The minimum Gasteiger partial charge on any atom is -0.325 e. The molecule has 5 nitrogen and oxygen atoms in total. The first-order valence-corrected chi connectivity index (χ1v) is 9.08. The highest BCUT2D eigenvalue weighted by Gasteiger charge is 2.05. The van der Waals surface area contributed by atoms with Gasteiger partial charge in [0.05, 0.1) is 17.7 Å². The zero-order valence-electron chi connectivity index (χ0n) is 13.7. The molecule has 0 heterocycles. The van der Waals surface area contributed by atoms with Crippen molar-refractivity contribution < 1.29 is 9.59 Å². The van der Waals surface area contributed by atoms with Gasteiger partial charge in [0.15, 0.2) is 0 Å². The molecule has 25 heavy (non-hydrogen) atoms. The lowest BCUT2D eigenvalue weighted by molar-refractivity contribution is -0.118. The second-order valence-corrected chi connectivity index (χ2v) is 6.67. The van der Waals surface area contributed by atoms with Crippen LogP contribution in [-0.2, 0) is 9.59 Å². The first-order valence-electron chi connectivity index (χ1n) is 7.54. The van der Waals surface area contributed by atoms with Gasteiger partial charge in [0.2, 0.25) is 11.8 Å². The van der Waals surface area contributed by atoms with E-state index in [4.69, 9.17) is 11.6 Å². The average Bonchev–Trinajstić information content (AvgIpc) is 2.59. The Bertz CT molecular complexity index is 746. The molecule has 0 aliphatic rings. The molecular weight excluding hydrogens is 358 g/mol. The lowest BCUT2D eigenvalue weighted by Gasteiger charge is -2.05. The molecule has 2 N–H and O–H groups in total. The fraction of sp³-hybridized carbons (Fsp3) is 0.167. The summed E-state index contributed by atoms with van der Waals surface area (Å²) >= 11 is 7.01. The number of nitrogens with zero attached hydrogens (tertiary/aromatic N) is 1. The van der Waals surface area contributed by atoms with Gasteiger partial charge in [-0.3, -0.25) is 9.59 Å². The third kappa shape index (κ3) is 7.41. The summed E-state index contributed by atoms with van der Waals surface area (Å²) in [6.45, 7) is 1.98. The number of hydrogen-bond donors (Lipinski definition) is 2. The van der Waals surface area contributed by atoms with Crippen molar-refractivity contribution >= 4 is 47.1 Å². The van der Waals surface area contributed by atoms with Crippen LogP contribution in [0.4, 0.5) is 5.69 Å². The summed E-state index contributed by atoms with van der Waals surface area (Å²) in [7, 11) is 0. The second-order valence-electron chi connectivity index (χ2n) is 5.25. The molecule has 2 aromatic carbocycles. The molecule has 0 atom stereocenters. The lowest BCUT2D eigenvalue weighted by atomic mass is 10.2. The van der Waals surface area contributed by atoms with Crippen molar-refractivity contribution in [2.24, 2.45) is 5.10 Å². The number of nitrogens with one attached hydrogen (secondary N) is 2. The van der Waals surface area contributed by atoms with E-state index in [1.807, 2.05) is 31.2 Å². The maximum atomic E-state index is 11.8. The summed E-state index contributed by atoms with van der Waals surface area (Å²) < 4.78 is 0. The van der Waals surface area contributed by atoms with E-state index in [2.05, 4.69) is 15.8 Å². The maximum Gasteiger partial charge on any atom is 0.250 e. The van der Waals surface area contributed by atoms with Gasteiger partial charge < -0.3 is 5.32 Å². The molecule has 0 bridgehead atoms. The van der Waals surface area contributed by atoms with Gasteiger partial charge in [0.25, 0.3) is 0 Å². The van der Waals surface area contributed by atoms with Crippen LogP contribution in [0, 0.1) is 6.92 Å². The Kier molecular flexibility index (Phi) is 7.50. The van der Waals surface area contributed by atoms with E-state index in [9.17, 15) is 9.59 Å². The summed E-state index contributed by atoms with van der Waals surface area (Å²) in [5.41, 5.74) is 5.12. The standard InChI is InChI=1S/C18H18ClN3O2S/c1-13-2-8-16(9-3-13)21-17(23)11-25-12-18(24)22-20-10-14-4-6-15(19)7-5-14/h2-10H,11-12H2,1H3,(H,21,23)(H,22,24)/b20-10+. The topological polar surface area (TPSA) is 70.6 Å². The van der Waals surface area contributed by atoms with Crippen LogP contribution >= 0.6 is 23.4 Å². The van der Waals surface area contributed by atoms with E-state index >= 15 is 0 Å². The third-order valence-electron chi connectivity index (χ3n) is 3.07. The van der Waals surface area contributed by atoms with Crippen LogP contribution in [0.1, 0.15) is 11.1 Å². The van der Waals surface area contributed by atoms with E-state index in [0.29, 0.717) is 5.02 Å². The van der Waals surface area contributed by atoms with E-state index in [0.717, 1.165) is 16.8 Å². The van der Waals surface area contributed by atoms with Crippen molar-refractivity contribution in [3.05, 3.63) is 64.7 Å². The lowest BCUT2D eigenvalue weighted by Crippen LogP contribution is -2.21. The summed E-state index contributed by atoms with van der Waals surface area (Å²) in [4.78, 5) is 23.5. The number of amides is 2. The van der Waals surface area contributed by atoms with Crippen LogP contribution < -0.4 is 10.7 Å². The Hall–Kier alpha value is -2.31. The van der Waals surface area contributed by atoms with Crippen LogP contribution in [0.5, 0.6) is 0 Å². The van der Waals surface area contributed by atoms with Crippen LogP contribution in [0.15, 0.2) is 53.6 Å². The van der Waals surface area contributed by atoms with E-state index in [1.165, 1.54) is 18.0 Å². The molecule has 0 aliphatic carbocycles. The smallest absolute Gasteiger partial charge is 0.250 e. The van der Waals surface area contributed by atoms with Crippen LogP contribution in [0.25, 0.3) is 0 Å². The average molecular weight is 376 g/mol. The Balaban J connectivity index is 1.65. The second kappa shape index (κ2) is 9.86. The van der Waals surface area contributed by atoms with Gasteiger partial charge in [-0.1, -0.05) is 41.4 Å². The van der Waals surface area contributed by atoms with Gasteiger partial charge in [-0.25, -0.2) is 5.43 Å². The van der Waals surface area contributed by atoms with Crippen LogP contribution in [-0.4, -0.2) is 29.5 Å². The minimum atomic E-state index is -0.265. The van der Waals surface area contributed by atoms with Crippen molar-refractivity contribution in [1.82, 2.24) is 5.43 Å². The molecule has 7 heteroatoms. The van der Waals surface area contributed by atoms with Crippen molar-refractivity contribution in [2.45, 2.75) is 6.92 Å². The number of anilines is 1. The number of carbonyl (C=O) groups is 2. The van der Waals surface area contributed by atoms with E-state index in [-0.39, 0.29) is 23.3 Å². The van der Waals surface area contributed by atoms with Crippen molar-refractivity contribution in [1.29, 1.82) is 0 Å². The summed E-state index contributed by atoms with van der Waals surface area (Å²) in [6, 6.07) is 14.6. The highest BCUT2D eigenvalue weighted by molar-refractivity contribution is 8.00. The fourth-order valence-electron chi connectivity index (χ4n) is 1.83. The largest absolute Gasteiger partial charge is 0.325 e. The molecule has 0 radical (unpaired) electrons. The number of hydrogen-bond acceptors (Lipinski definition) is 4. The van der Waals surface area contributed by atoms with Crippen molar-refractivity contribution in [3.63, 3.8) is 0 Å². The molecular formula is C18H18ClN3O2S. The number of benzene rings is 2. The quantitative estimate of drug-likeness (QED) is 0.575. The monoisotopic (exact) mass is 375 g/mol. The maximum absolute atomic E-state index is 11.8. The summed E-state index contributed by atoms with van der Waals surface area (Å²) in [5, 5.41) is 7.28. The van der Waals surface area contributed by atoms with E-state index < -0.39 is 0 Å². The Labute approximate surface area is 155 Å². The van der Waals surface area contributed by atoms with Gasteiger partial charge in [-0.05, 0) is 36.8 Å². The van der Waals surface area contributed by atoms with E-state index in [1.54, 1.807) is 24.3 Å². The Morgan fingerprint density at radius 2 is 1.68 bits per heavy atom. The fourth-order valence-corrected chi connectivity index (χ4v) is 2.57. The molecule has 0 fully saturated rings. The number of thioether (sulfide) groups is 1. The van der Waals surface area contributed by atoms with Gasteiger partial charge in [0.1, 0.15) is 0 Å². The van der Waals surface area contributed by atoms with Crippen LogP contribution in [0.2, 0.25) is 5.02 Å². The molecule has 0 unspecified atom stereocenters. The molecule has 2 aromatic rings. The normalized spacial score (nSPS) is 10.6. The molecule has 0 aromatic heterocycles. The molecule has 0 aliphatic heterocycles.